The molecule has 0 saturated heterocycles. The minimum absolute atomic E-state index is 0.987. The summed E-state index contributed by atoms with van der Waals surface area (Å²) in [7, 11) is 0. The van der Waals surface area contributed by atoms with Crippen LogP contribution in [-0.4, -0.2) is 0 Å². The molecule has 0 aromatic heterocycles. The summed E-state index contributed by atoms with van der Waals surface area (Å²) in [5, 5.41) is 0. The Morgan fingerprint density at radius 2 is 1.37 bits per heavy atom. The highest BCUT2D eigenvalue weighted by Crippen LogP contribution is 2.19. The number of rotatable bonds is 2. The predicted octanol–water partition coefficient (Wildman–Crippen LogP) is 4.30. The Balaban J connectivity index is 1.98. The highest BCUT2D eigenvalue weighted by Gasteiger charge is 2.06. The maximum atomic E-state index is 3.89. The van der Waals surface area contributed by atoms with Gasteiger partial charge in [-0.1, -0.05) is 48.5 Å². The second kappa shape index (κ2) is 5.44. The summed E-state index contributed by atoms with van der Waals surface area (Å²) in [6.07, 6.45) is 7.52. The molecule has 0 heterocycles. The molecular formula is C19H20. The maximum Gasteiger partial charge on any atom is -0.00973 e. The van der Waals surface area contributed by atoms with Crippen LogP contribution in [0.3, 0.4) is 0 Å². The Morgan fingerprint density at radius 1 is 0.789 bits per heavy atom. The molecule has 2 aromatic rings. The molecule has 2 aromatic carbocycles. The van der Waals surface area contributed by atoms with Crippen molar-refractivity contribution in [3.05, 3.63) is 82.9 Å². The molecule has 0 fully saturated rings. The zero-order chi connectivity index (χ0) is 13.1. The molecule has 0 nitrogen and oxygen atoms in total. The van der Waals surface area contributed by atoms with Crippen LogP contribution < -0.4 is 0 Å². The largest absolute Gasteiger partial charge is 0.103 e. The van der Waals surface area contributed by atoms with Gasteiger partial charge in [0.2, 0.25) is 0 Å². The monoisotopic (exact) mass is 248 g/mol. The van der Waals surface area contributed by atoms with E-state index >= 15 is 0 Å². The van der Waals surface area contributed by atoms with E-state index < -0.39 is 0 Å². The SMILES string of the molecule is C=CCc1cc2ccc1CCc1ccc(cc1)CC2. The van der Waals surface area contributed by atoms with Gasteiger partial charge in [-0.15, -0.1) is 6.58 Å². The fourth-order valence-electron chi connectivity index (χ4n) is 2.86. The maximum absolute atomic E-state index is 3.89. The lowest BCUT2D eigenvalue weighted by atomic mass is 9.92. The van der Waals surface area contributed by atoms with Crippen LogP contribution in [0.5, 0.6) is 0 Å². The molecule has 4 aliphatic rings. The van der Waals surface area contributed by atoms with Crippen molar-refractivity contribution in [1.29, 1.82) is 0 Å². The summed E-state index contributed by atoms with van der Waals surface area (Å²) >= 11 is 0. The highest BCUT2D eigenvalue weighted by atomic mass is 14.1. The Morgan fingerprint density at radius 3 is 2.05 bits per heavy atom. The second-order valence-electron chi connectivity index (χ2n) is 5.41. The second-order valence-corrected chi connectivity index (χ2v) is 5.41. The predicted molar refractivity (Wildman–Crippen MR) is 81.6 cm³/mol. The van der Waals surface area contributed by atoms with E-state index in [0.717, 1.165) is 32.1 Å². The molecule has 6 rings (SSSR count). The summed E-state index contributed by atoms with van der Waals surface area (Å²) in [4.78, 5) is 0. The minimum atomic E-state index is 0.987. The van der Waals surface area contributed by atoms with E-state index in [1.54, 1.807) is 0 Å². The van der Waals surface area contributed by atoms with Crippen molar-refractivity contribution in [2.75, 3.05) is 0 Å². The normalized spacial score (nSPS) is 13.9. The zero-order valence-corrected chi connectivity index (χ0v) is 11.4. The Labute approximate surface area is 115 Å². The molecule has 0 amide bonds. The van der Waals surface area contributed by atoms with E-state index in [0.29, 0.717) is 0 Å². The number of benzene rings is 2. The van der Waals surface area contributed by atoms with Crippen LogP contribution in [0.25, 0.3) is 0 Å². The van der Waals surface area contributed by atoms with Crippen molar-refractivity contribution >= 4 is 0 Å². The summed E-state index contributed by atoms with van der Waals surface area (Å²) in [6, 6.07) is 16.2. The molecule has 19 heavy (non-hydrogen) atoms. The first-order chi connectivity index (χ1) is 9.35. The molecule has 4 aliphatic carbocycles. The lowest BCUT2D eigenvalue weighted by Gasteiger charge is -2.13. The summed E-state index contributed by atoms with van der Waals surface area (Å²) in [5.41, 5.74) is 7.28. The number of allylic oxidation sites excluding steroid dienone is 1. The molecule has 4 bridgehead atoms. The van der Waals surface area contributed by atoms with Gasteiger partial charge in [-0.3, -0.25) is 0 Å². The lowest BCUT2D eigenvalue weighted by molar-refractivity contribution is 0.906. The van der Waals surface area contributed by atoms with Crippen LogP contribution in [0, 0.1) is 0 Å². The van der Waals surface area contributed by atoms with E-state index in [4.69, 9.17) is 0 Å². The van der Waals surface area contributed by atoms with Gasteiger partial charge in [-0.25, -0.2) is 0 Å². The van der Waals surface area contributed by atoms with Gasteiger partial charge in [0.1, 0.15) is 0 Å². The van der Waals surface area contributed by atoms with Gasteiger partial charge in [-0.05, 0) is 59.9 Å². The van der Waals surface area contributed by atoms with Gasteiger partial charge in [0.15, 0.2) is 0 Å². The zero-order valence-electron chi connectivity index (χ0n) is 11.4. The molecule has 0 N–H and O–H groups in total. The van der Waals surface area contributed by atoms with E-state index in [1.165, 1.54) is 27.8 Å². The smallest absolute Gasteiger partial charge is 0.00973 e. The topological polar surface area (TPSA) is 0 Å². The van der Waals surface area contributed by atoms with Crippen LogP contribution in [0.4, 0.5) is 0 Å². The fourth-order valence-corrected chi connectivity index (χ4v) is 2.86. The Bertz CT molecular complexity index is 575. The van der Waals surface area contributed by atoms with Crippen LogP contribution in [-0.2, 0) is 32.1 Å². The minimum Gasteiger partial charge on any atom is -0.103 e. The van der Waals surface area contributed by atoms with Crippen molar-refractivity contribution in [2.24, 2.45) is 0 Å². The average Bonchev–Trinajstić information content (AvgIpc) is 2.43. The van der Waals surface area contributed by atoms with E-state index in [2.05, 4.69) is 49.0 Å². The van der Waals surface area contributed by atoms with Crippen LogP contribution in [0.1, 0.15) is 27.8 Å². The third kappa shape index (κ3) is 2.78. The van der Waals surface area contributed by atoms with Crippen molar-refractivity contribution in [3.63, 3.8) is 0 Å². The molecular weight excluding hydrogens is 228 g/mol. The van der Waals surface area contributed by atoms with Crippen molar-refractivity contribution in [3.8, 4) is 0 Å². The fraction of sp³-hybridized carbons (Fsp3) is 0.263. The average molecular weight is 248 g/mol. The highest BCUT2D eigenvalue weighted by molar-refractivity contribution is 5.36. The molecule has 0 radical (unpaired) electrons. The van der Waals surface area contributed by atoms with Crippen molar-refractivity contribution in [1.82, 2.24) is 0 Å². The van der Waals surface area contributed by atoms with Crippen LogP contribution in [0.2, 0.25) is 0 Å². The molecule has 0 saturated carbocycles. The van der Waals surface area contributed by atoms with E-state index in [9.17, 15) is 0 Å². The molecule has 0 atom stereocenters. The molecule has 0 heteroatoms. The van der Waals surface area contributed by atoms with Gasteiger partial charge >= 0.3 is 0 Å². The first-order valence-corrected chi connectivity index (χ1v) is 7.14. The summed E-state index contributed by atoms with van der Waals surface area (Å²) < 4.78 is 0. The van der Waals surface area contributed by atoms with Crippen molar-refractivity contribution < 1.29 is 0 Å². The van der Waals surface area contributed by atoms with Crippen molar-refractivity contribution in [2.45, 2.75) is 32.1 Å². The van der Waals surface area contributed by atoms with E-state index in [1.807, 2.05) is 6.08 Å². The van der Waals surface area contributed by atoms with E-state index in [-0.39, 0.29) is 0 Å². The molecule has 0 unspecified atom stereocenters. The third-order valence-corrected chi connectivity index (χ3v) is 4.04. The number of aryl methyl sites for hydroxylation is 4. The van der Waals surface area contributed by atoms with Crippen LogP contribution >= 0.6 is 0 Å². The Hall–Kier alpha value is -1.82. The summed E-state index contributed by atoms with van der Waals surface area (Å²) in [5.74, 6) is 0. The molecule has 96 valence electrons. The first kappa shape index (κ1) is 12.2. The van der Waals surface area contributed by atoms with Gasteiger partial charge < -0.3 is 0 Å². The van der Waals surface area contributed by atoms with Gasteiger partial charge in [-0.2, -0.15) is 0 Å². The Kier molecular flexibility index (Phi) is 3.50. The number of hydrogen-bond acceptors (Lipinski definition) is 0. The lowest BCUT2D eigenvalue weighted by Crippen LogP contribution is -2.01. The van der Waals surface area contributed by atoms with Gasteiger partial charge in [0, 0.05) is 0 Å². The van der Waals surface area contributed by atoms with Crippen LogP contribution in [0.15, 0.2) is 55.1 Å². The number of hydrogen-bond donors (Lipinski definition) is 0. The quantitative estimate of drug-likeness (QED) is 0.695. The molecule has 0 spiro atoms. The van der Waals surface area contributed by atoms with Gasteiger partial charge in [0.25, 0.3) is 0 Å². The molecule has 0 aliphatic heterocycles. The van der Waals surface area contributed by atoms with Gasteiger partial charge in [0.05, 0.1) is 0 Å². The summed E-state index contributed by atoms with van der Waals surface area (Å²) in [6.45, 7) is 3.89. The third-order valence-electron chi connectivity index (χ3n) is 4.04. The standard InChI is InChI=1S/C19H20/c1-2-3-19-14-17-9-8-15-4-6-16(7-5-15)10-12-18(19)13-11-17/h2,4-7,11,13-14H,1,3,8-10,12H2. The first-order valence-electron chi connectivity index (χ1n) is 7.14.